The number of methoxy groups -OCH3 is 1. The van der Waals surface area contributed by atoms with Crippen LogP contribution in [0.4, 0.5) is 0 Å². The predicted octanol–water partition coefficient (Wildman–Crippen LogP) is 1.40. The summed E-state index contributed by atoms with van der Waals surface area (Å²) in [4.78, 5) is 24.1. The second-order valence-electron chi connectivity index (χ2n) is 7.01. The minimum absolute atomic E-state index is 0.324. The van der Waals surface area contributed by atoms with Crippen molar-refractivity contribution in [3.05, 3.63) is 56.9 Å². The van der Waals surface area contributed by atoms with Crippen molar-refractivity contribution in [1.29, 1.82) is 0 Å². The molecule has 9 heteroatoms. The van der Waals surface area contributed by atoms with Gasteiger partial charge in [-0.3, -0.25) is 9.36 Å². The zero-order valence-electron chi connectivity index (χ0n) is 16.3. The minimum atomic E-state index is -4.08. The molecule has 1 aliphatic heterocycles. The molecule has 0 spiro atoms. The summed E-state index contributed by atoms with van der Waals surface area (Å²) in [6.45, 7) is 0.324. The van der Waals surface area contributed by atoms with Crippen molar-refractivity contribution in [3.63, 3.8) is 0 Å². The lowest BCUT2D eigenvalue weighted by Gasteiger charge is -2.29. The van der Waals surface area contributed by atoms with Crippen LogP contribution in [0.2, 0.25) is 0 Å². The van der Waals surface area contributed by atoms with Gasteiger partial charge < -0.3 is 9.30 Å². The SMILES string of the molecule is COc1ccc([C@H]2CCCCCN2S(=O)(=O)c2cn(C)c(=O)n(C)c2=O)cc1. The Morgan fingerprint density at radius 1 is 1.04 bits per heavy atom. The Kier molecular flexibility index (Phi) is 5.76. The molecule has 152 valence electrons. The van der Waals surface area contributed by atoms with E-state index in [2.05, 4.69) is 0 Å². The number of sulfonamides is 1. The second kappa shape index (κ2) is 7.92. The molecule has 0 radical (unpaired) electrons. The van der Waals surface area contributed by atoms with Crippen molar-refractivity contribution in [2.75, 3.05) is 13.7 Å². The van der Waals surface area contributed by atoms with Crippen LogP contribution in [-0.2, 0) is 24.1 Å². The van der Waals surface area contributed by atoms with Crippen LogP contribution in [-0.4, -0.2) is 35.5 Å². The van der Waals surface area contributed by atoms with Crippen molar-refractivity contribution < 1.29 is 13.2 Å². The highest BCUT2D eigenvalue weighted by Crippen LogP contribution is 2.34. The van der Waals surface area contributed by atoms with E-state index in [4.69, 9.17) is 4.74 Å². The van der Waals surface area contributed by atoms with Crippen molar-refractivity contribution in [2.24, 2.45) is 14.1 Å². The van der Waals surface area contributed by atoms with Crippen LogP contribution in [0.1, 0.15) is 37.3 Å². The summed E-state index contributed by atoms with van der Waals surface area (Å²) in [5.41, 5.74) is -0.514. The number of rotatable bonds is 4. The second-order valence-corrected chi connectivity index (χ2v) is 8.86. The fraction of sp³-hybridized carbons (Fsp3) is 0.474. The van der Waals surface area contributed by atoms with Crippen LogP contribution >= 0.6 is 0 Å². The Hall–Kier alpha value is -2.39. The van der Waals surface area contributed by atoms with E-state index in [1.807, 2.05) is 12.1 Å². The highest BCUT2D eigenvalue weighted by molar-refractivity contribution is 7.89. The van der Waals surface area contributed by atoms with Crippen LogP contribution in [0.25, 0.3) is 0 Å². The van der Waals surface area contributed by atoms with Gasteiger partial charge >= 0.3 is 5.69 Å². The summed E-state index contributed by atoms with van der Waals surface area (Å²) in [5, 5.41) is 0. The normalized spacial score (nSPS) is 18.6. The first-order valence-corrected chi connectivity index (χ1v) is 10.6. The third kappa shape index (κ3) is 3.64. The van der Waals surface area contributed by atoms with Gasteiger partial charge in [-0.25, -0.2) is 13.2 Å². The van der Waals surface area contributed by atoms with Gasteiger partial charge in [0.1, 0.15) is 5.75 Å². The van der Waals surface area contributed by atoms with Gasteiger partial charge in [0.05, 0.1) is 13.2 Å². The summed E-state index contributed by atoms with van der Waals surface area (Å²) < 4.78 is 35.5. The van der Waals surface area contributed by atoms with E-state index in [9.17, 15) is 18.0 Å². The van der Waals surface area contributed by atoms with Crippen LogP contribution in [0.5, 0.6) is 5.75 Å². The maximum absolute atomic E-state index is 13.5. The van der Waals surface area contributed by atoms with Gasteiger partial charge in [-0.2, -0.15) is 4.31 Å². The fourth-order valence-corrected chi connectivity index (χ4v) is 5.44. The number of hydrogen-bond acceptors (Lipinski definition) is 5. The monoisotopic (exact) mass is 407 g/mol. The lowest BCUT2D eigenvalue weighted by Crippen LogP contribution is -2.43. The van der Waals surface area contributed by atoms with E-state index in [1.165, 1.54) is 18.4 Å². The van der Waals surface area contributed by atoms with Crippen LogP contribution in [0.15, 0.2) is 44.9 Å². The Morgan fingerprint density at radius 2 is 1.71 bits per heavy atom. The standard InChI is InChI=1S/C19H25N3O5S/c1-20-13-17(18(23)21(2)19(20)24)28(25,26)22-12-6-4-5-7-16(22)14-8-10-15(27-3)11-9-14/h8-11,13,16H,4-7,12H2,1-3H3/t16-/m1/s1. The number of aryl methyl sites for hydroxylation is 1. The molecule has 0 unspecified atom stereocenters. The quantitative estimate of drug-likeness (QED) is 0.764. The van der Waals surface area contributed by atoms with E-state index >= 15 is 0 Å². The molecule has 0 bridgehead atoms. The molecule has 1 fully saturated rings. The molecule has 28 heavy (non-hydrogen) atoms. The highest BCUT2D eigenvalue weighted by Gasteiger charge is 2.35. The molecule has 0 amide bonds. The molecule has 1 saturated heterocycles. The van der Waals surface area contributed by atoms with Crippen LogP contribution in [0.3, 0.4) is 0 Å². The molecule has 1 atom stereocenters. The Labute approximate surface area is 164 Å². The van der Waals surface area contributed by atoms with Crippen LogP contribution in [0, 0.1) is 0 Å². The minimum Gasteiger partial charge on any atom is -0.497 e. The molecule has 1 aromatic heterocycles. The van der Waals surface area contributed by atoms with E-state index < -0.39 is 21.3 Å². The smallest absolute Gasteiger partial charge is 0.330 e. The molecular formula is C19H25N3O5S. The maximum Gasteiger partial charge on any atom is 0.330 e. The molecule has 1 aromatic carbocycles. The maximum atomic E-state index is 13.5. The Morgan fingerprint density at radius 3 is 2.36 bits per heavy atom. The zero-order valence-corrected chi connectivity index (χ0v) is 17.1. The summed E-state index contributed by atoms with van der Waals surface area (Å²) in [5.74, 6) is 0.693. The molecule has 0 aliphatic carbocycles. The number of benzene rings is 1. The molecule has 1 aliphatic rings. The molecular weight excluding hydrogens is 382 g/mol. The van der Waals surface area contributed by atoms with Crippen molar-refractivity contribution in [3.8, 4) is 5.75 Å². The molecule has 8 nitrogen and oxygen atoms in total. The number of ether oxygens (including phenoxy) is 1. The Bertz CT molecular complexity index is 1070. The average Bonchev–Trinajstić information content (AvgIpc) is 2.95. The van der Waals surface area contributed by atoms with E-state index in [-0.39, 0.29) is 10.9 Å². The van der Waals surface area contributed by atoms with Crippen molar-refractivity contribution in [2.45, 2.75) is 36.6 Å². The van der Waals surface area contributed by atoms with Crippen molar-refractivity contribution in [1.82, 2.24) is 13.4 Å². The summed E-state index contributed by atoms with van der Waals surface area (Å²) >= 11 is 0. The predicted molar refractivity (Wildman–Crippen MR) is 105 cm³/mol. The molecule has 0 saturated carbocycles. The number of hydrogen-bond donors (Lipinski definition) is 0. The van der Waals surface area contributed by atoms with Gasteiger partial charge in [0.15, 0.2) is 4.90 Å². The van der Waals surface area contributed by atoms with Gasteiger partial charge in [-0.1, -0.05) is 25.0 Å². The Balaban J connectivity index is 2.11. The van der Waals surface area contributed by atoms with Gasteiger partial charge in [0, 0.05) is 26.8 Å². The molecule has 2 heterocycles. The molecule has 3 rings (SSSR count). The highest BCUT2D eigenvalue weighted by atomic mass is 32.2. The number of aromatic nitrogens is 2. The summed E-state index contributed by atoms with van der Waals surface area (Å²) in [6, 6.07) is 6.94. The van der Waals surface area contributed by atoms with Gasteiger partial charge in [-0.05, 0) is 30.5 Å². The van der Waals surface area contributed by atoms with Crippen molar-refractivity contribution >= 4 is 10.0 Å². The average molecular weight is 407 g/mol. The van der Waals surface area contributed by atoms with E-state index in [0.717, 1.165) is 40.2 Å². The first-order chi connectivity index (χ1) is 13.3. The lowest BCUT2D eigenvalue weighted by molar-refractivity contribution is 0.327. The van der Waals surface area contributed by atoms with Gasteiger partial charge in [0.2, 0.25) is 0 Å². The van der Waals surface area contributed by atoms with E-state index in [0.29, 0.717) is 18.7 Å². The fourth-order valence-electron chi connectivity index (χ4n) is 3.61. The lowest BCUT2D eigenvalue weighted by atomic mass is 10.0. The van der Waals surface area contributed by atoms with Gasteiger partial charge in [-0.15, -0.1) is 0 Å². The number of nitrogens with zero attached hydrogens (tertiary/aromatic N) is 3. The first kappa shape index (κ1) is 20.3. The molecule has 0 N–H and O–H groups in total. The third-order valence-corrected chi connectivity index (χ3v) is 7.10. The topological polar surface area (TPSA) is 90.6 Å². The summed E-state index contributed by atoms with van der Waals surface area (Å²) in [7, 11) is 0.214. The zero-order chi connectivity index (χ0) is 20.5. The van der Waals surface area contributed by atoms with E-state index in [1.54, 1.807) is 19.2 Å². The third-order valence-electron chi connectivity index (χ3n) is 5.21. The largest absolute Gasteiger partial charge is 0.497 e. The summed E-state index contributed by atoms with van der Waals surface area (Å²) in [6.07, 6.45) is 4.32. The molecule has 2 aromatic rings. The van der Waals surface area contributed by atoms with Crippen LogP contribution < -0.4 is 16.0 Å². The van der Waals surface area contributed by atoms with Gasteiger partial charge in [0.25, 0.3) is 15.6 Å². The first-order valence-electron chi connectivity index (χ1n) is 9.20.